The van der Waals surface area contributed by atoms with Crippen LogP contribution in [0.3, 0.4) is 0 Å². The number of nitro groups is 1. The maximum absolute atomic E-state index is 10.5. The maximum atomic E-state index is 10.5. The maximum Gasteiger partial charge on any atom is 0.300 e. The van der Waals surface area contributed by atoms with Crippen LogP contribution in [0.1, 0.15) is 5.56 Å². The SMILES string of the molecule is Cc1ccc([N+](=O)[O-])c2nonc12. The van der Waals surface area contributed by atoms with Gasteiger partial charge in [0.05, 0.1) is 4.92 Å². The molecular formula is C7H5N3O3. The quantitative estimate of drug-likeness (QED) is 0.488. The van der Waals surface area contributed by atoms with Crippen LogP contribution >= 0.6 is 0 Å². The van der Waals surface area contributed by atoms with E-state index in [0.29, 0.717) is 5.52 Å². The van der Waals surface area contributed by atoms with E-state index in [0.717, 1.165) is 5.56 Å². The summed E-state index contributed by atoms with van der Waals surface area (Å²) < 4.78 is 4.43. The highest BCUT2D eigenvalue weighted by Gasteiger charge is 2.17. The van der Waals surface area contributed by atoms with Gasteiger partial charge in [0.1, 0.15) is 5.52 Å². The van der Waals surface area contributed by atoms with Crippen molar-refractivity contribution in [3.8, 4) is 0 Å². The van der Waals surface area contributed by atoms with Crippen molar-refractivity contribution in [1.82, 2.24) is 10.3 Å². The lowest BCUT2D eigenvalue weighted by atomic mass is 10.2. The molecule has 0 aliphatic rings. The molecule has 0 aliphatic carbocycles. The van der Waals surface area contributed by atoms with Gasteiger partial charge in [-0.05, 0) is 22.8 Å². The molecule has 0 bridgehead atoms. The monoisotopic (exact) mass is 179 g/mol. The predicted octanol–water partition coefficient (Wildman–Crippen LogP) is 1.44. The molecule has 0 N–H and O–H groups in total. The molecule has 13 heavy (non-hydrogen) atoms. The van der Waals surface area contributed by atoms with Crippen molar-refractivity contribution >= 4 is 16.7 Å². The first kappa shape index (κ1) is 7.66. The number of fused-ring (bicyclic) bond motifs is 1. The highest BCUT2D eigenvalue weighted by atomic mass is 16.6. The first-order valence-corrected chi connectivity index (χ1v) is 3.56. The van der Waals surface area contributed by atoms with Crippen LogP contribution in [-0.2, 0) is 0 Å². The van der Waals surface area contributed by atoms with Gasteiger partial charge in [-0.1, -0.05) is 6.07 Å². The topological polar surface area (TPSA) is 82.1 Å². The molecule has 1 heterocycles. The number of aromatic nitrogens is 2. The Morgan fingerprint density at radius 3 is 2.77 bits per heavy atom. The number of rotatable bonds is 1. The summed E-state index contributed by atoms with van der Waals surface area (Å²) in [5, 5.41) is 17.6. The van der Waals surface area contributed by atoms with Crippen LogP contribution in [0.2, 0.25) is 0 Å². The van der Waals surface area contributed by atoms with Crippen molar-refractivity contribution in [1.29, 1.82) is 0 Å². The largest absolute Gasteiger partial charge is 0.300 e. The molecule has 2 aromatic rings. The van der Waals surface area contributed by atoms with E-state index in [4.69, 9.17) is 0 Å². The molecule has 0 spiro atoms. The summed E-state index contributed by atoms with van der Waals surface area (Å²) in [7, 11) is 0. The molecule has 0 saturated heterocycles. The number of non-ortho nitro benzene ring substituents is 1. The first-order chi connectivity index (χ1) is 6.20. The van der Waals surface area contributed by atoms with E-state index >= 15 is 0 Å². The van der Waals surface area contributed by atoms with E-state index in [1.807, 2.05) is 0 Å². The number of nitrogens with zero attached hydrogens (tertiary/aromatic N) is 3. The van der Waals surface area contributed by atoms with Gasteiger partial charge in [0.15, 0.2) is 0 Å². The Morgan fingerprint density at radius 1 is 1.38 bits per heavy atom. The molecule has 6 nitrogen and oxygen atoms in total. The van der Waals surface area contributed by atoms with E-state index in [1.165, 1.54) is 6.07 Å². The Morgan fingerprint density at radius 2 is 2.08 bits per heavy atom. The van der Waals surface area contributed by atoms with Crippen LogP contribution in [0, 0.1) is 17.0 Å². The fourth-order valence-corrected chi connectivity index (χ4v) is 1.12. The third-order valence-corrected chi connectivity index (χ3v) is 1.79. The van der Waals surface area contributed by atoms with Gasteiger partial charge in [-0.2, -0.15) is 0 Å². The molecule has 66 valence electrons. The van der Waals surface area contributed by atoms with E-state index in [-0.39, 0.29) is 11.2 Å². The normalized spacial score (nSPS) is 10.5. The van der Waals surface area contributed by atoms with Crippen LogP contribution in [0.5, 0.6) is 0 Å². The lowest BCUT2D eigenvalue weighted by Crippen LogP contribution is -1.90. The highest BCUT2D eigenvalue weighted by molar-refractivity contribution is 5.85. The molecule has 1 aromatic heterocycles. The lowest BCUT2D eigenvalue weighted by molar-refractivity contribution is -0.383. The highest BCUT2D eigenvalue weighted by Crippen LogP contribution is 2.24. The molecule has 0 radical (unpaired) electrons. The Bertz CT molecular complexity index is 477. The Labute approximate surface area is 72.3 Å². The summed E-state index contributed by atoms with van der Waals surface area (Å²) in [4.78, 5) is 10.0. The molecular weight excluding hydrogens is 174 g/mol. The molecule has 6 heteroatoms. The molecule has 0 amide bonds. The summed E-state index contributed by atoms with van der Waals surface area (Å²) in [6.45, 7) is 1.79. The van der Waals surface area contributed by atoms with E-state index in [9.17, 15) is 10.1 Å². The van der Waals surface area contributed by atoms with Gasteiger partial charge in [-0.15, -0.1) is 0 Å². The number of nitro benzene ring substituents is 1. The van der Waals surface area contributed by atoms with Crippen molar-refractivity contribution in [3.05, 3.63) is 27.8 Å². The summed E-state index contributed by atoms with van der Waals surface area (Å²) in [5.41, 5.74) is 1.36. The minimum absolute atomic E-state index is 0.0816. The first-order valence-electron chi connectivity index (χ1n) is 3.56. The fraction of sp³-hybridized carbons (Fsp3) is 0.143. The zero-order chi connectivity index (χ0) is 9.42. The zero-order valence-corrected chi connectivity index (χ0v) is 6.72. The summed E-state index contributed by atoms with van der Waals surface area (Å²) in [6, 6.07) is 3.01. The third kappa shape index (κ3) is 1.03. The molecule has 0 saturated carbocycles. The summed E-state index contributed by atoms with van der Waals surface area (Å²) in [6.07, 6.45) is 0. The van der Waals surface area contributed by atoms with Gasteiger partial charge in [0, 0.05) is 6.07 Å². The molecule has 0 fully saturated rings. The Hall–Kier alpha value is -1.98. The number of hydrogen-bond acceptors (Lipinski definition) is 5. The second-order valence-corrected chi connectivity index (χ2v) is 2.62. The molecule has 0 atom stereocenters. The van der Waals surface area contributed by atoms with Crippen molar-refractivity contribution < 1.29 is 9.55 Å². The minimum atomic E-state index is -0.508. The van der Waals surface area contributed by atoms with Crippen molar-refractivity contribution in [2.45, 2.75) is 6.92 Å². The predicted molar refractivity (Wildman–Crippen MR) is 43.2 cm³/mol. The van der Waals surface area contributed by atoms with Crippen LogP contribution in [0.15, 0.2) is 16.8 Å². The summed E-state index contributed by atoms with van der Waals surface area (Å²) >= 11 is 0. The van der Waals surface area contributed by atoms with Crippen molar-refractivity contribution in [2.75, 3.05) is 0 Å². The molecule has 1 aromatic carbocycles. The molecule has 0 unspecified atom stereocenters. The van der Waals surface area contributed by atoms with Gasteiger partial charge in [0.25, 0.3) is 0 Å². The van der Waals surface area contributed by atoms with Gasteiger partial charge in [-0.3, -0.25) is 10.1 Å². The molecule has 0 aliphatic heterocycles. The Balaban J connectivity index is 2.86. The van der Waals surface area contributed by atoms with E-state index in [1.54, 1.807) is 13.0 Å². The van der Waals surface area contributed by atoms with Gasteiger partial charge >= 0.3 is 5.69 Å². The van der Waals surface area contributed by atoms with Crippen LogP contribution in [0.4, 0.5) is 5.69 Å². The number of aryl methyl sites for hydroxylation is 1. The fourth-order valence-electron chi connectivity index (χ4n) is 1.12. The number of hydrogen-bond donors (Lipinski definition) is 0. The average molecular weight is 179 g/mol. The van der Waals surface area contributed by atoms with E-state index < -0.39 is 4.92 Å². The second kappa shape index (κ2) is 2.51. The summed E-state index contributed by atoms with van der Waals surface area (Å²) in [5.74, 6) is 0. The minimum Gasteiger partial charge on any atom is -0.258 e. The molecule has 2 rings (SSSR count). The van der Waals surface area contributed by atoms with Crippen LogP contribution < -0.4 is 0 Å². The van der Waals surface area contributed by atoms with Gasteiger partial charge in [-0.25, -0.2) is 4.63 Å². The smallest absolute Gasteiger partial charge is 0.258 e. The van der Waals surface area contributed by atoms with Crippen LogP contribution in [0.25, 0.3) is 11.0 Å². The third-order valence-electron chi connectivity index (χ3n) is 1.79. The zero-order valence-electron chi connectivity index (χ0n) is 6.72. The Kier molecular flexibility index (Phi) is 1.48. The lowest BCUT2D eigenvalue weighted by Gasteiger charge is -1.92. The number of benzene rings is 1. The average Bonchev–Trinajstić information content (AvgIpc) is 2.53. The van der Waals surface area contributed by atoms with E-state index in [2.05, 4.69) is 14.9 Å². The van der Waals surface area contributed by atoms with Gasteiger partial charge in [0.2, 0.25) is 5.52 Å². The standard InChI is InChI=1S/C7H5N3O3/c1-4-2-3-5(10(11)12)7-6(4)8-13-9-7/h2-3H,1H3. The van der Waals surface area contributed by atoms with Crippen molar-refractivity contribution in [2.24, 2.45) is 0 Å². The van der Waals surface area contributed by atoms with Crippen molar-refractivity contribution in [3.63, 3.8) is 0 Å². The van der Waals surface area contributed by atoms with Gasteiger partial charge < -0.3 is 0 Å². The second-order valence-electron chi connectivity index (χ2n) is 2.62. The van der Waals surface area contributed by atoms with Crippen LogP contribution in [-0.4, -0.2) is 15.2 Å².